The van der Waals surface area contributed by atoms with Crippen LogP contribution >= 0.6 is 15.9 Å². The van der Waals surface area contributed by atoms with E-state index in [1.807, 2.05) is 6.07 Å². The highest BCUT2D eigenvalue weighted by Crippen LogP contribution is 2.39. The molecule has 0 radical (unpaired) electrons. The van der Waals surface area contributed by atoms with Crippen molar-refractivity contribution in [2.75, 3.05) is 11.9 Å². The zero-order valence-corrected chi connectivity index (χ0v) is 17.5. The van der Waals surface area contributed by atoms with Gasteiger partial charge >= 0.3 is 0 Å². The van der Waals surface area contributed by atoms with E-state index in [1.165, 1.54) is 18.2 Å². The Hall–Kier alpha value is -2.55. The summed E-state index contributed by atoms with van der Waals surface area (Å²) in [5, 5.41) is 2.77. The van der Waals surface area contributed by atoms with Crippen LogP contribution in [0.5, 0.6) is 0 Å². The molecule has 3 aromatic carbocycles. The van der Waals surface area contributed by atoms with Gasteiger partial charge in [0.15, 0.2) is 0 Å². The van der Waals surface area contributed by atoms with E-state index < -0.39 is 34.3 Å². The van der Waals surface area contributed by atoms with E-state index in [1.54, 1.807) is 42.5 Å². The summed E-state index contributed by atoms with van der Waals surface area (Å²) in [6, 6.07) is 18.4. The van der Waals surface area contributed by atoms with Gasteiger partial charge in [-0.3, -0.25) is 4.79 Å². The van der Waals surface area contributed by atoms with E-state index in [0.717, 1.165) is 14.8 Å². The number of rotatable bonds is 3. The largest absolute Gasteiger partial charge is 0.325 e. The van der Waals surface area contributed by atoms with Crippen LogP contribution in [0.2, 0.25) is 0 Å². The highest BCUT2D eigenvalue weighted by Gasteiger charge is 2.38. The summed E-state index contributed by atoms with van der Waals surface area (Å²) in [7, 11) is -4.18. The maximum Gasteiger partial charge on any atom is 0.244 e. The number of sulfonamides is 1. The molecule has 1 N–H and O–H groups in total. The number of hydrogen-bond donors (Lipinski definition) is 1. The van der Waals surface area contributed by atoms with Gasteiger partial charge in [0.05, 0.1) is 17.5 Å². The van der Waals surface area contributed by atoms with Crippen LogP contribution in [0, 0.1) is 5.82 Å². The lowest BCUT2D eigenvalue weighted by atomic mass is 9.97. The lowest BCUT2D eigenvalue weighted by Crippen LogP contribution is -2.39. The number of carbonyl (C=O) groups is 1. The maximum absolute atomic E-state index is 13.8. The minimum atomic E-state index is -4.18. The van der Waals surface area contributed by atoms with Gasteiger partial charge in [0, 0.05) is 10.2 Å². The summed E-state index contributed by atoms with van der Waals surface area (Å²) in [6.07, 6.45) is 0. The number of amides is 1. The zero-order valence-electron chi connectivity index (χ0n) is 15.0. The van der Waals surface area contributed by atoms with Crippen molar-refractivity contribution in [2.24, 2.45) is 0 Å². The molecular formula is C21H16BrFN2O3S. The molecule has 0 aromatic heterocycles. The number of carbonyl (C=O) groups excluding carboxylic acids is 1. The standard InChI is InChI=1S/C21H16BrFN2O3S/c22-15-9-10-19-18(11-15)21(14-5-2-1-3-6-14)25(13-20(26)24-19)29(27,28)17-8-4-7-16(23)12-17/h1-12,21H,13H2,(H,24,26)/t21-/m1/s1. The van der Waals surface area contributed by atoms with Crippen LogP contribution in [0.4, 0.5) is 10.1 Å². The Kier molecular flexibility index (Phi) is 5.24. The Labute approximate surface area is 176 Å². The molecule has 0 aliphatic carbocycles. The quantitative estimate of drug-likeness (QED) is 0.614. The lowest BCUT2D eigenvalue weighted by molar-refractivity contribution is -0.116. The van der Waals surface area contributed by atoms with Gasteiger partial charge in [-0.15, -0.1) is 0 Å². The fourth-order valence-electron chi connectivity index (χ4n) is 3.42. The van der Waals surface area contributed by atoms with Crippen molar-refractivity contribution in [3.05, 3.63) is 94.2 Å². The summed E-state index contributed by atoms with van der Waals surface area (Å²) < 4.78 is 42.6. The van der Waals surface area contributed by atoms with E-state index >= 15 is 0 Å². The third-order valence-corrected chi connectivity index (χ3v) is 6.99. The Bertz CT molecular complexity index is 1190. The molecule has 0 saturated heterocycles. The smallest absolute Gasteiger partial charge is 0.244 e. The number of anilines is 1. The molecule has 8 heteroatoms. The number of halogens is 2. The third kappa shape index (κ3) is 3.83. The third-order valence-electron chi connectivity index (χ3n) is 4.69. The van der Waals surface area contributed by atoms with E-state index in [9.17, 15) is 17.6 Å². The van der Waals surface area contributed by atoms with Crippen molar-refractivity contribution >= 4 is 37.5 Å². The second-order valence-electron chi connectivity index (χ2n) is 6.60. The monoisotopic (exact) mass is 474 g/mol. The summed E-state index contributed by atoms with van der Waals surface area (Å²) in [5.74, 6) is -1.13. The molecule has 5 nitrogen and oxygen atoms in total. The average molecular weight is 475 g/mol. The second kappa shape index (κ2) is 7.70. The number of hydrogen-bond acceptors (Lipinski definition) is 3. The Morgan fingerprint density at radius 1 is 1.00 bits per heavy atom. The lowest BCUT2D eigenvalue weighted by Gasteiger charge is -2.29. The van der Waals surface area contributed by atoms with Crippen molar-refractivity contribution in [3.8, 4) is 0 Å². The van der Waals surface area contributed by atoms with Crippen molar-refractivity contribution in [3.63, 3.8) is 0 Å². The minimum Gasteiger partial charge on any atom is -0.325 e. The van der Waals surface area contributed by atoms with Crippen LogP contribution in [-0.2, 0) is 14.8 Å². The van der Waals surface area contributed by atoms with Gasteiger partial charge in [-0.25, -0.2) is 12.8 Å². The maximum atomic E-state index is 13.8. The van der Waals surface area contributed by atoms with Gasteiger partial charge < -0.3 is 5.32 Å². The van der Waals surface area contributed by atoms with Crippen LogP contribution < -0.4 is 5.32 Å². The average Bonchev–Trinajstić information content (AvgIpc) is 2.84. The van der Waals surface area contributed by atoms with E-state index in [4.69, 9.17) is 0 Å². The van der Waals surface area contributed by atoms with Gasteiger partial charge in [-0.05, 0) is 47.5 Å². The molecule has 0 spiro atoms. The summed E-state index contributed by atoms with van der Waals surface area (Å²) >= 11 is 3.43. The first-order chi connectivity index (χ1) is 13.9. The second-order valence-corrected chi connectivity index (χ2v) is 9.41. The predicted molar refractivity (Wildman–Crippen MR) is 111 cm³/mol. The number of nitrogens with zero attached hydrogens (tertiary/aromatic N) is 1. The van der Waals surface area contributed by atoms with E-state index in [-0.39, 0.29) is 4.90 Å². The molecule has 29 heavy (non-hydrogen) atoms. The molecule has 4 rings (SSSR count). The highest BCUT2D eigenvalue weighted by atomic mass is 79.9. The highest BCUT2D eigenvalue weighted by molar-refractivity contribution is 9.10. The van der Waals surface area contributed by atoms with Gasteiger partial charge in [-0.1, -0.05) is 52.3 Å². The van der Waals surface area contributed by atoms with Crippen LogP contribution in [-0.4, -0.2) is 25.2 Å². The summed E-state index contributed by atoms with van der Waals surface area (Å²) in [6.45, 7) is -0.398. The number of benzene rings is 3. The number of fused-ring (bicyclic) bond motifs is 1. The SMILES string of the molecule is O=C1CN(S(=O)(=O)c2cccc(F)c2)[C@H](c2ccccc2)c2cc(Br)ccc2N1. The molecule has 0 fully saturated rings. The van der Waals surface area contributed by atoms with E-state index in [0.29, 0.717) is 16.8 Å². The number of nitrogens with one attached hydrogen (secondary N) is 1. The topological polar surface area (TPSA) is 66.5 Å². The molecule has 0 saturated carbocycles. The normalized spacial score (nSPS) is 17.3. The molecule has 0 bridgehead atoms. The molecule has 0 unspecified atom stereocenters. The zero-order chi connectivity index (χ0) is 20.6. The van der Waals surface area contributed by atoms with E-state index in [2.05, 4.69) is 21.2 Å². The Balaban J connectivity index is 1.96. The fourth-order valence-corrected chi connectivity index (χ4v) is 5.38. The van der Waals surface area contributed by atoms with Crippen LogP contribution in [0.1, 0.15) is 17.2 Å². The van der Waals surface area contributed by atoms with Crippen LogP contribution in [0.15, 0.2) is 82.2 Å². The molecule has 1 aliphatic heterocycles. The Morgan fingerprint density at radius 2 is 1.76 bits per heavy atom. The summed E-state index contributed by atoms with van der Waals surface area (Å²) in [5.41, 5.74) is 1.85. The first-order valence-electron chi connectivity index (χ1n) is 8.78. The predicted octanol–water partition coefficient (Wildman–Crippen LogP) is 4.32. The molecule has 1 amide bonds. The molecule has 148 valence electrons. The van der Waals surface area contributed by atoms with Crippen molar-refractivity contribution < 1.29 is 17.6 Å². The van der Waals surface area contributed by atoms with Gasteiger partial charge in [0.2, 0.25) is 15.9 Å². The molecule has 3 aromatic rings. The van der Waals surface area contributed by atoms with Crippen LogP contribution in [0.25, 0.3) is 0 Å². The van der Waals surface area contributed by atoms with Crippen LogP contribution in [0.3, 0.4) is 0 Å². The van der Waals surface area contributed by atoms with Gasteiger partial charge in [-0.2, -0.15) is 4.31 Å². The first-order valence-corrected chi connectivity index (χ1v) is 11.0. The van der Waals surface area contributed by atoms with Crippen molar-refractivity contribution in [1.82, 2.24) is 4.31 Å². The van der Waals surface area contributed by atoms with Gasteiger partial charge in [0.1, 0.15) is 5.82 Å². The Morgan fingerprint density at radius 3 is 2.48 bits per heavy atom. The molecular weight excluding hydrogens is 459 g/mol. The van der Waals surface area contributed by atoms with Gasteiger partial charge in [0.25, 0.3) is 0 Å². The van der Waals surface area contributed by atoms with Crippen molar-refractivity contribution in [2.45, 2.75) is 10.9 Å². The fraction of sp³-hybridized carbons (Fsp3) is 0.0952. The summed E-state index contributed by atoms with van der Waals surface area (Å²) in [4.78, 5) is 12.4. The molecule has 1 aliphatic rings. The molecule has 1 atom stereocenters. The van der Waals surface area contributed by atoms with Crippen molar-refractivity contribution in [1.29, 1.82) is 0 Å². The first kappa shape index (κ1) is 19.8. The molecule has 1 heterocycles. The minimum absolute atomic E-state index is 0.204.